The van der Waals surface area contributed by atoms with Crippen LogP contribution in [0.2, 0.25) is 5.02 Å². The molecule has 2 rings (SSSR count). The van der Waals surface area contributed by atoms with Gasteiger partial charge in [-0.25, -0.2) is 0 Å². The number of hydrogen-bond acceptors (Lipinski definition) is 3. The molecule has 0 bridgehead atoms. The summed E-state index contributed by atoms with van der Waals surface area (Å²) in [5, 5.41) is 4.25. The van der Waals surface area contributed by atoms with Crippen molar-refractivity contribution in [1.82, 2.24) is 10.2 Å². The second kappa shape index (κ2) is 8.74. The molecule has 0 saturated carbocycles. The summed E-state index contributed by atoms with van der Waals surface area (Å²) in [5.74, 6) is 0. The maximum atomic E-state index is 6.30. The van der Waals surface area contributed by atoms with E-state index in [0.717, 1.165) is 50.5 Å². The summed E-state index contributed by atoms with van der Waals surface area (Å²) < 4.78 is 5.71. The molecule has 1 atom stereocenters. The van der Waals surface area contributed by atoms with Crippen LogP contribution in [-0.4, -0.2) is 44.3 Å². The number of rotatable bonds is 7. The SMILES string of the molecule is CCOC1CCN(CCC(NC)c2ccccc2Cl)CC1. The van der Waals surface area contributed by atoms with Crippen molar-refractivity contribution in [2.45, 2.75) is 38.3 Å². The molecule has 21 heavy (non-hydrogen) atoms. The monoisotopic (exact) mass is 310 g/mol. The van der Waals surface area contributed by atoms with E-state index < -0.39 is 0 Å². The number of benzene rings is 1. The molecule has 1 aromatic rings. The summed E-state index contributed by atoms with van der Waals surface area (Å²) >= 11 is 6.30. The highest BCUT2D eigenvalue weighted by atomic mass is 35.5. The smallest absolute Gasteiger partial charge is 0.0599 e. The molecule has 3 nitrogen and oxygen atoms in total. The first-order valence-electron chi connectivity index (χ1n) is 8.00. The van der Waals surface area contributed by atoms with Crippen LogP contribution in [0.3, 0.4) is 0 Å². The minimum atomic E-state index is 0.323. The second-order valence-electron chi connectivity index (χ2n) is 5.65. The van der Waals surface area contributed by atoms with E-state index in [1.54, 1.807) is 0 Å². The molecule has 0 spiro atoms. The standard InChI is InChI=1S/C17H27ClN2O/c1-3-21-14-8-11-20(12-9-14)13-10-17(19-2)15-6-4-5-7-16(15)18/h4-7,14,17,19H,3,8-13H2,1-2H3. The van der Waals surface area contributed by atoms with Crippen LogP contribution in [0.1, 0.15) is 37.8 Å². The Morgan fingerprint density at radius 1 is 1.33 bits per heavy atom. The quantitative estimate of drug-likeness (QED) is 0.834. The highest BCUT2D eigenvalue weighted by Gasteiger charge is 2.20. The van der Waals surface area contributed by atoms with Gasteiger partial charge in [0.2, 0.25) is 0 Å². The molecule has 0 radical (unpaired) electrons. The minimum absolute atomic E-state index is 0.323. The van der Waals surface area contributed by atoms with Crippen molar-refractivity contribution in [2.24, 2.45) is 0 Å². The van der Waals surface area contributed by atoms with E-state index in [1.807, 2.05) is 19.2 Å². The van der Waals surface area contributed by atoms with Crippen LogP contribution in [-0.2, 0) is 4.74 Å². The summed E-state index contributed by atoms with van der Waals surface area (Å²) in [7, 11) is 2.01. The second-order valence-corrected chi connectivity index (χ2v) is 6.05. The molecule has 118 valence electrons. The predicted molar refractivity (Wildman–Crippen MR) is 89.0 cm³/mol. The van der Waals surface area contributed by atoms with Gasteiger partial charge in [-0.1, -0.05) is 29.8 Å². The van der Waals surface area contributed by atoms with Crippen LogP contribution in [0.4, 0.5) is 0 Å². The molecule has 1 heterocycles. The Kier molecular flexibility index (Phi) is 6.97. The van der Waals surface area contributed by atoms with Crippen LogP contribution in [0.25, 0.3) is 0 Å². The van der Waals surface area contributed by atoms with Crippen molar-refractivity contribution in [3.05, 3.63) is 34.9 Å². The Hall–Kier alpha value is -0.610. The fourth-order valence-electron chi connectivity index (χ4n) is 3.06. The Balaban J connectivity index is 1.81. The third kappa shape index (κ3) is 4.96. The third-order valence-electron chi connectivity index (χ3n) is 4.30. The molecule has 0 amide bonds. The van der Waals surface area contributed by atoms with Crippen molar-refractivity contribution in [2.75, 3.05) is 33.3 Å². The predicted octanol–water partition coefficient (Wildman–Crippen LogP) is 3.49. The van der Waals surface area contributed by atoms with Crippen molar-refractivity contribution < 1.29 is 4.74 Å². The van der Waals surface area contributed by atoms with Gasteiger partial charge in [0.1, 0.15) is 0 Å². The summed E-state index contributed by atoms with van der Waals surface area (Å²) in [5.41, 5.74) is 1.20. The van der Waals surface area contributed by atoms with Gasteiger partial charge in [-0.2, -0.15) is 0 Å². The van der Waals surface area contributed by atoms with Crippen molar-refractivity contribution in [3.63, 3.8) is 0 Å². The van der Waals surface area contributed by atoms with Gasteiger partial charge in [0.25, 0.3) is 0 Å². The normalized spacial score (nSPS) is 18.8. The van der Waals surface area contributed by atoms with Gasteiger partial charge < -0.3 is 15.0 Å². The number of halogens is 1. The van der Waals surface area contributed by atoms with Gasteiger partial charge in [0.05, 0.1) is 6.10 Å². The average molecular weight is 311 g/mol. The summed E-state index contributed by atoms with van der Waals surface area (Å²) in [6.45, 7) is 6.30. The third-order valence-corrected chi connectivity index (χ3v) is 4.64. The topological polar surface area (TPSA) is 24.5 Å². The molecule has 1 aliphatic rings. The van der Waals surface area contributed by atoms with E-state index in [1.165, 1.54) is 5.56 Å². The lowest BCUT2D eigenvalue weighted by Gasteiger charge is -2.32. The van der Waals surface area contributed by atoms with E-state index in [0.29, 0.717) is 12.1 Å². The van der Waals surface area contributed by atoms with E-state index in [4.69, 9.17) is 16.3 Å². The highest BCUT2D eigenvalue weighted by Crippen LogP contribution is 2.25. The van der Waals surface area contributed by atoms with E-state index >= 15 is 0 Å². The van der Waals surface area contributed by atoms with Crippen LogP contribution in [0.15, 0.2) is 24.3 Å². The van der Waals surface area contributed by atoms with Crippen LogP contribution >= 0.6 is 11.6 Å². The Labute approximate surface area is 133 Å². The molecule has 0 aromatic heterocycles. The summed E-state index contributed by atoms with van der Waals surface area (Å²) in [6.07, 6.45) is 3.86. The lowest BCUT2D eigenvalue weighted by atomic mass is 10.0. The molecule has 1 aromatic carbocycles. The molecule has 1 N–H and O–H groups in total. The van der Waals surface area contributed by atoms with Gasteiger partial charge in [-0.15, -0.1) is 0 Å². The molecular weight excluding hydrogens is 284 g/mol. The van der Waals surface area contributed by atoms with E-state index in [-0.39, 0.29) is 0 Å². The fraction of sp³-hybridized carbons (Fsp3) is 0.647. The zero-order valence-corrected chi connectivity index (χ0v) is 13.9. The largest absolute Gasteiger partial charge is 0.378 e. The molecule has 4 heteroatoms. The fourth-order valence-corrected chi connectivity index (χ4v) is 3.33. The van der Waals surface area contributed by atoms with Crippen LogP contribution < -0.4 is 5.32 Å². The molecule has 1 fully saturated rings. The van der Waals surface area contributed by atoms with Crippen LogP contribution in [0.5, 0.6) is 0 Å². The minimum Gasteiger partial charge on any atom is -0.378 e. The lowest BCUT2D eigenvalue weighted by Crippen LogP contribution is -2.38. The maximum absolute atomic E-state index is 6.30. The Bertz CT molecular complexity index is 419. The molecule has 1 unspecified atom stereocenters. The first-order valence-corrected chi connectivity index (χ1v) is 8.38. The number of likely N-dealkylation sites (tertiary alicyclic amines) is 1. The van der Waals surface area contributed by atoms with Crippen molar-refractivity contribution >= 4 is 11.6 Å². The van der Waals surface area contributed by atoms with Crippen molar-refractivity contribution in [1.29, 1.82) is 0 Å². The van der Waals surface area contributed by atoms with E-state index in [2.05, 4.69) is 29.3 Å². The average Bonchev–Trinajstić information content (AvgIpc) is 2.51. The van der Waals surface area contributed by atoms with Crippen molar-refractivity contribution in [3.8, 4) is 0 Å². The zero-order chi connectivity index (χ0) is 15.1. The zero-order valence-electron chi connectivity index (χ0n) is 13.1. The summed E-state index contributed by atoms with van der Waals surface area (Å²) in [4.78, 5) is 2.54. The van der Waals surface area contributed by atoms with Gasteiger partial charge in [-0.3, -0.25) is 0 Å². The molecule has 0 aliphatic carbocycles. The maximum Gasteiger partial charge on any atom is 0.0599 e. The first-order chi connectivity index (χ1) is 10.2. The molecule has 1 saturated heterocycles. The number of nitrogens with zero attached hydrogens (tertiary/aromatic N) is 1. The number of hydrogen-bond donors (Lipinski definition) is 1. The van der Waals surface area contributed by atoms with Gasteiger partial charge >= 0.3 is 0 Å². The van der Waals surface area contributed by atoms with Gasteiger partial charge in [0, 0.05) is 30.8 Å². The van der Waals surface area contributed by atoms with Gasteiger partial charge in [0.15, 0.2) is 0 Å². The highest BCUT2D eigenvalue weighted by molar-refractivity contribution is 6.31. The Morgan fingerprint density at radius 2 is 2.05 bits per heavy atom. The van der Waals surface area contributed by atoms with Gasteiger partial charge in [-0.05, 0) is 51.4 Å². The number of ether oxygens (including phenoxy) is 1. The first kappa shape index (κ1) is 16.8. The molecule has 1 aliphatic heterocycles. The summed E-state index contributed by atoms with van der Waals surface area (Å²) in [6, 6.07) is 8.44. The Morgan fingerprint density at radius 3 is 2.67 bits per heavy atom. The van der Waals surface area contributed by atoms with E-state index in [9.17, 15) is 0 Å². The number of piperidine rings is 1. The number of nitrogens with one attached hydrogen (secondary N) is 1. The van der Waals surface area contributed by atoms with Crippen LogP contribution in [0, 0.1) is 0 Å². The lowest BCUT2D eigenvalue weighted by molar-refractivity contribution is 0.0136. The molecular formula is C17H27ClN2O.